The molecule has 0 fully saturated rings. The molecule has 2 aromatic carbocycles. The van der Waals surface area contributed by atoms with Gasteiger partial charge in [-0.3, -0.25) is 14.4 Å². The highest BCUT2D eigenvalue weighted by Crippen LogP contribution is 2.46. The van der Waals surface area contributed by atoms with E-state index >= 15 is 0 Å². The van der Waals surface area contributed by atoms with Crippen molar-refractivity contribution < 1.29 is 33.3 Å². The molecule has 0 heterocycles. The molecule has 2 unspecified atom stereocenters. The summed E-state index contributed by atoms with van der Waals surface area (Å²) in [6.45, 7) is 3.46. The van der Waals surface area contributed by atoms with Crippen LogP contribution in [0.1, 0.15) is 35.6 Å². The summed E-state index contributed by atoms with van der Waals surface area (Å²) in [6.07, 6.45) is -0.609. The second-order valence-corrected chi connectivity index (χ2v) is 7.96. The van der Waals surface area contributed by atoms with Crippen LogP contribution in [0.5, 0.6) is 0 Å². The zero-order valence-corrected chi connectivity index (χ0v) is 19.6. The van der Waals surface area contributed by atoms with E-state index in [1.54, 1.807) is 56.3 Å². The number of ether oxygens (including phenoxy) is 4. The molecule has 1 aliphatic carbocycles. The van der Waals surface area contributed by atoms with Crippen molar-refractivity contribution >= 4 is 35.6 Å². The molecule has 0 amide bonds. The van der Waals surface area contributed by atoms with Crippen molar-refractivity contribution in [2.45, 2.75) is 38.4 Å². The third-order valence-corrected chi connectivity index (χ3v) is 5.70. The SMILES string of the molecule is CCC(=O)OC1=C(OC)C(OC)C(C=O)(OC(=O)Cc2ccc(Cl)cc2)c2cccc(C)c21. The van der Waals surface area contributed by atoms with Crippen LogP contribution in [0.2, 0.25) is 5.02 Å². The molecule has 174 valence electrons. The maximum absolute atomic E-state index is 13.0. The lowest BCUT2D eigenvalue weighted by Crippen LogP contribution is -2.51. The van der Waals surface area contributed by atoms with Crippen LogP contribution in [0.25, 0.3) is 5.76 Å². The van der Waals surface area contributed by atoms with Crippen LogP contribution in [0.3, 0.4) is 0 Å². The maximum Gasteiger partial charge on any atom is 0.311 e. The van der Waals surface area contributed by atoms with Gasteiger partial charge in [0.1, 0.15) is 0 Å². The number of halogens is 1. The van der Waals surface area contributed by atoms with Crippen LogP contribution in [0.4, 0.5) is 0 Å². The Balaban J connectivity index is 2.13. The lowest BCUT2D eigenvalue weighted by Gasteiger charge is -2.41. The molecule has 0 aliphatic heterocycles. The number of carbonyl (C=O) groups is 3. The Kier molecular flexibility index (Phi) is 7.56. The average Bonchev–Trinajstić information content (AvgIpc) is 2.81. The Hall–Kier alpha value is -3.16. The van der Waals surface area contributed by atoms with Crippen molar-refractivity contribution in [3.63, 3.8) is 0 Å². The number of hydrogen-bond donors (Lipinski definition) is 0. The van der Waals surface area contributed by atoms with E-state index in [2.05, 4.69) is 0 Å². The fourth-order valence-corrected chi connectivity index (χ4v) is 4.02. The topological polar surface area (TPSA) is 88.1 Å². The van der Waals surface area contributed by atoms with Gasteiger partial charge in [-0.2, -0.15) is 0 Å². The van der Waals surface area contributed by atoms with Crippen molar-refractivity contribution in [1.29, 1.82) is 0 Å². The molecule has 0 aromatic heterocycles. The van der Waals surface area contributed by atoms with Gasteiger partial charge in [0.05, 0.1) is 13.5 Å². The van der Waals surface area contributed by atoms with E-state index in [9.17, 15) is 14.4 Å². The molecule has 2 atom stereocenters. The van der Waals surface area contributed by atoms with Crippen LogP contribution < -0.4 is 0 Å². The second-order valence-electron chi connectivity index (χ2n) is 7.53. The van der Waals surface area contributed by atoms with Gasteiger partial charge < -0.3 is 18.9 Å². The molecule has 2 aromatic rings. The van der Waals surface area contributed by atoms with E-state index in [0.717, 1.165) is 0 Å². The standard InChI is InChI=1S/C25H25ClO7/c1-5-19(28)32-22-21-15(2)7-6-8-18(21)25(14-27,24(31-4)23(22)30-3)33-20(29)13-16-9-11-17(26)12-10-16/h6-12,14,24H,5,13H2,1-4H3. The van der Waals surface area contributed by atoms with Crippen molar-refractivity contribution in [2.24, 2.45) is 0 Å². The summed E-state index contributed by atoms with van der Waals surface area (Å²) in [5.41, 5.74) is 0.298. The largest absolute Gasteiger partial charge is 0.494 e. The molecule has 8 heteroatoms. The van der Waals surface area contributed by atoms with Crippen LogP contribution in [0.15, 0.2) is 48.2 Å². The molecule has 7 nitrogen and oxygen atoms in total. The summed E-state index contributed by atoms with van der Waals surface area (Å²) in [5, 5.41) is 0.539. The van der Waals surface area contributed by atoms with Crippen LogP contribution in [-0.2, 0) is 45.4 Å². The van der Waals surface area contributed by atoms with Gasteiger partial charge in [0.2, 0.25) is 5.60 Å². The molecule has 0 bridgehead atoms. The number of aryl methyl sites for hydroxylation is 1. The van der Waals surface area contributed by atoms with Crippen LogP contribution >= 0.6 is 11.6 Å². The van der Waals surface area contributed by atoms with Crippen LogP contribution in [0, 0.1) is 6.92 Å². The Bertz CT molecular complexity index is 1090. The Morgan fingerprint density at radius 2 is 1.79 bits per heavy atom. The van der Waals surface area contributed by atoms with Gasteiger partial charge in [0, 0.05) is 29.7 Å². The fraction of sp³-hybridized carbons (Fsp3) is 0.320. The van der Waals surface area contributed by atoms with Crippen molar-refractivity contribution in [3.05, 3.63) is 75.5 Å². The first kappa shape index (κ1) is 24.5. The first-order valence-electron chi connectivity index (χ1n) is 10.4. The number of carbonyl (C=O) groups excluding carboxylic acids is 3. The first-order chi connectivity index (χ1) is 15.8. The molecule has 3 rings (SSSR count). The van der Waals surface area contributed by atoms with Crippen molar-refractivity contribution in [2.75, 3.05) is 14.2 Å². The minimum atomic E-state index is -1.85. The van der Waals surface area contributed by atoms with E-state index in [1.165, 1.54) is 14.2 Å². The normalized spacial score (nSPS) is 19.5. The minimum Gasteiger partial charge on any atom is -0.494 e. The van der Waals surface area contributed by atoms with Crippen molar-refractivity contribution in [3.8, 4) is 0 Å². The monoisotopic (exact) mass is 472 g/mol. The second kappa shape index (κ2) is 10.2. The quantitative estimate of drug-likeness (QED) is 0.421. The lowest BCUT2D eigenvalue weighted by atomic mass is 9.78. The smallest absolute Gasteiger partial charge is 0.311 e. The van der Waals surface area contributed by atoms with Gasteiger partial charge >= 0.3 is 11.9 Å². The third-order valence-electron chi connectivity index (χ3n) is 5.45. The zero-order valence-electron chi connectivity index (χ0n) is 18.8. The fourth-order valence-electron chi connectivity index (χ4n) is 3.89. The molecule has 33 heavy (non-hydrogen) atoms. The highest BCUT2D eigenvalue weighted by atomic mass is 35.5. The third kappa shape index (κ3) is 4.65. The summed E-state index contributed by atoms with van der Waals surface area (Å²) in [7, 11) is 2.73. The van der Waals surface area contributed by atoms with Gasteiger partial charge in [-0.1, -0.05) is 48.9 Å². The number of esters is 2. The molecule has 0 saturated carbocycles. The maximum atomic E-state index is 13.0. The predicted octanol–water partition coefficient (Wildman–Crippen LogP) is 4.13. The van der Waals surface area contributed by atoms with E-state index in [1.807, 2.05) is 0 Å². The Labute approximate surface area is 197 Å². The number of methoxy groups -OCH3 is 2. The number of fused-ring (bicyclic) bond motifs is 1. The summed E-state index contributed by atoms with van der Waals surface area (Å²) < 4.78 is 22.6. The summed E-state index contributed by atoms with van der Waals surface area (Å²) in [4.78, 5) is 37.8. The molecular weight excluding hydrogens is 448 g/mol. The number of aldehydes is 1. The number of rotatable bonds is 8. The summed E-state index contributed by atoms with van der Waals surface area (Å²) >= 11 is 5.92. The molecular formula is C25H25ClO7. The van der Waals surface area contributed by atoms with Gasteiger partial charge in [-0.05, 0) is 30.2 Å². The minimum absolute atomic E-state index is 0.0764. The molecule has 0 radical (unpaired) electrons. The summed E-state index contributed by atoms with van der Waals surface area (Å²) in [5.74, 6) is -0.923. The predicted molar refractivity (Wildman–Crippen MR) is 121 cm³/mol. The molecule has 1 aliphatic rings. The van der Waals surface area contributed by atoms with Gasteiger partial charge in [0.15, 0.2) is 23.9 Å². The van der Waals surface area contributed by atoms with E-state index in [0.29, 0.717) is 33.6 Å². The van der Waals surface area contributed by atoms with Gasteiger partial charge in [-0.15, -0.1) is 0 Å². The van der Waals surface area contributed by atoms with E-state index in [-0.39, 0.29) is 24.4 Å². The average molecular weight is 473 g/mol. The molecule has 0 saturated heterocycles. The van der Waals surface area contributed by atoms with E-state index < -0.39 is 23.6 Å². The van der Waals surface area contributed by atoms with Crippen molar-refractivity contribution in [1.82, 2.24) is 0 Å². The van der Waals surface area contributed by atoms with Gasteiger partial charge in [0.25, 0.3) is 0 Å². The van der Waals surface area contributed by atoms with Crippen LogP contribution in [-0.4, -0.2) is 38.5 Å². The zero-order chi connectivity index (χ0) is 24.2. The molecule has 0 spiro atoms. The Morgan fingerprint density at radius 1 is 1.09 bits per heavy atom. The van der Waals surface area contributed by atoms with E-state index in [4.69, 9.17) is 30.5 Å². The lowest BCUT2D eigenvalue weighted by molar-refractivity contribution is -0.179. The highest BCUT2D eigenvalue weighted by Gasteiger charge is 2.54. The summed E-state index contributed by atoms with van der Waals surface area (Å²) in [6, 6.07) is 11.9. The highest BCUT2D eigenvalue weighted by molar-refractivity contribution is 6.30. The first-order valence-corrected chi connectivity index (χ1v) is 10.7. The van der Waals surface area contributed by atoms with Gasteiger partial charge in [-0.25, -0.2) is 0 Å². The molecule has 0 N–H and O–H groups in total. The number of benzene rings is 2. The Morgan fingerprint density at radius 3 is 2.36 bits per heavy atom. The number of hydrogen-bond acceptors (Lipinski definition) is 7.